The minimum atomic E-state index is -0.0481. The van der Waals surface area contributed by atoms with Crippen LogP contribution >= 0.6 is 0 Å². The van der Waals surface area contributed by atoms with Crippen LogP contribution in [0.5, 0.6) is 5.75 Å². The van der Waals surface area contributed by atoms with Crippen molar-refractivity contribution >= 4 is 11.7 Å². The molecular formula is C14H19N3O3. The van der Waals surface area contributed by atoms with Crippen LogP contribution in [-0.4, -0.2) is 48.1 Å². The Kier molecular flexibility index (Phi) is 4.81. The van der Waals surface area contributed by atoms with Gasteiger partial charge in [-0.15, -0.1) is 0 Å². The Morgan fingerprint density at radius 2 is 2.30 bits per heavy atom. The Hall–Kier alpha value is -2.24. The Morgan fingerprint density at radius 3 is 2.95 bits per heavy atom. The molecule has 0 aromatic heterocycles. The van der Waals surface area contributed by atoms with Gasteiger partial charge in [-0.25, -0.2) is 4.79 Å². The Balaban J connectivity index is 1.97. The van der Waals surface area contributed by atoms with Crippen LogP contribution in [0.3, 0.4) is 0 Å². The second-order valence-corrected chi connectivity index (χ2v) is 4.46. The zero-order valence-corrected chi connectivity index (χ0v) is 11.5. The highest BCUT2D eigenvalue weighted by molar-refractivity contribution is 6.02. The third-order valence-corrected chi connectivity index (χ3v) is 3.22. The van der Waals surface area contributed by atoms with E-state index in [2.05, 4.69) is 10.5 Å². The van der Waals surface area contributed by atoms with Crippen molar-refractivity contribution in [3.05, 3.63) is 29.8 Å². The lowest BCUT2D eigenvalue weighted by atomic mass is 10.1. The number of nitrogens with one attached hydrogen (secondary N) is 1. The van der Waals surface area contributed by atoms with E-state index >= 15 is 0 Å². The van der Waals surface area contributed by atoms with Crippen LogP contribution in [0, 0.1) is 0 Å². The summed E-state index contributed by atoms with van der Waals surface area (Å²) in [6.07, 6.45) is 0.616. The van der Waals surface area contributed by atoms with Gasteiger partial charge in [0.25, 0.3) is 0 Å². The molecule has 1 aliphatic heterocycles. The van der Waals surface area contributed by atoms with E-state index in [4.69, 9.17) is 9.94 Å². The summed E-state index contributed by atoms with van der Waals surface area (Å²) in [6.45, 7) is 4.26. The van der Waals surface area contributed by atoms with Crippen LogP contribution in [-0.2, 0) is 0 Å². The second-order valence-electron chi connectivity index (χ2n) is 4.46. The van der Waals surface area contributed by atoms with Gasteiger partial charge in [0.15, 0.2) is 0 Å². The van der Waals surface area contributed by atoms with Gasteiger partial charge in [-0.1, -0.05) is 24.2 Å². The van der Waals surface area contributed by atoms with Crippen LogP contribution in [0.1, 0.15) is 18.9 Å². The number of urea groups is 1. The second kappa shape index (κ2) is 6.79. The number of para-hydroxylation sites is 1. The van der Waals surface area contributed by atoms with E-state index in [1.807, 2.05) is 31.2 Å². The number of hydrogen-bond donors (Lipinski definition) is 2. The molecule has 6 nitrogen and oxygen atoms in total. The molecule has 0 radical (unpaired) electrons. The highest BCUT2D eigenvalue weighted by atomic mass is 16.5. The number of amides is 2. The van der Waals surface area contributed by atoms with E-state index < -0.39 is 0 Å². The minimum absolute atomic E-state index is 0.0481. The van der Waals surface area contributed by atoms with Crippen molar-refractivity contribution < 1.29 is 14.7 Å². The molecule has 1 heterocycles. The first-order valence-corrected chi connectivity index (χ1v) is 6.72. The number of ether oxygens (including phenoxy) is 1. The number of carbonyl (C=O) groups is 1. The summed E-state index contributed by atoms with van der Waals surface area (Å²) in [5, 5.41) is 15.1. The Labute approximate surface area is 118 Å². The van der Waals surface area contributed by atoms with Crippen LogP contribution < -0.4 is 10.1 Å². The molecule has 0 spiro atoms. The lowest BCUT2D eigenvalue weighted by Crippen LogP contribution is -2.32. The fourth-order valence-corrected chi connectivity index (χ4v) is 2.14. The van der Waals surface area contributed by atoms with Crippen molar-refractivity contribution in [2.24, 2.45) is 5.16 Å². The summed E-state index contributed by atoms with van der Waals surface area (Å²) in [6, 6.07) is 7.38. The third kappa shape index (κ3) is 3.20. The fraction of sp³-hybridized carbons (Fsp3) is 0.429. The van der Waals surface area contributed by atoms with E-state index in [0.29, 0.717) is 44.1 Å². The molecule has 1 aliphatic rings. The molecule has 0 atom stereocenters. The van der Waals surface area contributed by atoms with Gasteiger partial charge < -0.3 is 20.2 Å². The zero-order chi connectivity index (χ0) is 14.4. The number of carbonyl (C=O) groups excluding carboxylic acids is 1. The third-order valence-electron chi connectivity index (χ3n) is 3.22. The summed E-state index contributed by atoms with van der Waals surface area (Å²) in [4.78, 5) is 13.1. The van der Waals surface area contributed by atoms with Crippen molar-refractivity contribution in [1.82, 2.24) is 10.2 Å². The molecule has 2 N–H and O–H groups in total. The topological polar surface area (TPSA) is 74.2 Å². The predicted octanol–water partition coefficient (Wildman–Crippen LogP) is 1.68. The van der Waals surface area contributed by atoms with Crippen molar-refractivity contribution in [3.8, 4) is 5.75 Å². The zero-order valence-electron chi connectivity index (χ0n) is 11.5. The molecular weight excluding hydrogens is 258 g/mol. The van der Waals surface area contributed by atoms with E-state index in [-0.39, 0.29) is 6.03 Å². The molecule has 20 heavy (non-hydrogen) atoms. The van der Waals surface area contributed by atoms with Gasteiger partial charge in [0, 0.05) is 18.7 Å². The fourth-order valence-electron chi connectivity index (χ4n) is 2.14. The monoisotopic (exact) mass is 277 g/mol. The molecule has 0 aliphatic carbocycles. The molecule has 0 unspecified atom stereocenters. The van der Waals surface area contributed by atoms with Crippen LogP contribution in [0.15, 0.2) is 29.4 Å². The van der Waals surface area contributed by atoms with Gasteiger partial charge >= 0.3 is 6.03 Å². The number of benzene rings is 1. The van der Waals surface area contributed by atoms with Gasteiger partial charge in [-0.2, -0.15) is 0 Å². The maximum Gasteiger partial charge on any atom is 0.317 e. The molecule has 1 fully saturated rings. The summed E-state index contributed by atoms with van der Waals surface area (Å²) < 4.78 is 5.72. The largest absolute Gasteiger partial charge is 0.491 e. The van der Waals surface area contributed by atoms with Crippen LogP contribution in [0.2, 0.25) is 0 Å². The first kappa shape index (κ1) is 14.2. The number of oxime groups is 1. The van der Waals surface area contributed by atoms with E-state index in [1.165, 1.54) is 0 Å². The van der Waals surface area contributed by atoms with Gasteiger partial charge in [-0.05, 0) is 18.6 Å². The highest BCUT2D eigenvalue weighted by Gasteiger charge is 2.19. The summed E-state index contributed by atoms with van der Waals surface area (Å²) in [5.41, 5.74) is 1.36. The van der Waals surface area contributed by atoms with E-state index in [0.717, 1.165) is 5.56 Å². The smallest absolute Gasteiger partial charge is 0.317 e. The summed E-state index contributed by atoms with van der Waals surface area (Å²) >= 11 is 0. The normalized spacial score (nSPS) is 15.3. The number of rotatable bonds is 6. The number of hydrogen-bond acceptors (Lipinski definition) is 4. The van der Waals surface area contributed by atoms with E-state index in [1.54, 1.807) is 4.90 Å². The standard InChI is InChI=1S/C14H19N3O3/c1-2-12(16-19)11-5-3-4-6-13(11)20-10-9-17-8-7-15-14(17)18/h3-6,19H,2,7-10H2,1H3,(H,15,18)/b16-12+. The molecule has 0 bridgehead atoms. The molecule has 1 saturated heterocycles. The first-order valence-electron chi connectivity index (χ1n) is 6.72. The first-order chi connectivity index (χ1) is 9.76. The SMILES string of the molecule is CC/C(=N\O)c1ccccc1OCCN1CCNC1=O. The maximum atomic E-state index is 11.4. The lowest BCUT2D eigenvalue weighted by molar-refractivity contribution is 0.202. The van der Waals surface area contributed by atoms with Crippen LogP contribution in [0.25, 0.3) is 0 Å². The van der Waals surface area contributed by atoms with Crippen molar-refractivity contribution in [3.63, 3.8) is 0 Å². The lowest BCUT2D eigenvalue weighted by Gasteiger charge is -2.16. The van der Waals surface area contributed by atoms with Crippen molar-refractivity contribution in [2.75, 3.05) is 26.2 Å². The van der Waals surface area contributed by atoms with Gasteiger partial charge in [0.05, 0.1) is 12.3 Å². The quantitative estimate of drug-likeness (QED) is 0.472. The molecule has 1 aromatic carbocycles. The van der Waals surface area contributed by atoms with Crippen LogP contribution in [0.4, 0.5) is 4.79 Å². The van der Waals surface area contributed by atoms with Gasteiger partial charge in [0.1, 0.15) is 12.4 Å². The minimum Gasteiger partial charge on any atom is -0.491 e. The molecule has 0 saturated carbocycles. The molecule has 2 amide bonds. The van der Waals surface area contributed by atoms with E-state index in [9.17, 15) is 4.79 Å². The molecule has 6 heteroatoms. The van der Waals surface area contributed by atoms with Gasteiger partial charge in [0.2, 0.25) is 0 Å². The summed E-state index contributed by atoms with van der Waals surface area (Å²) in [7, 11) is 0. The summed E-state index contributed by atoms with van der Waals surface area (Å²) in [5.74, 6) is 0.668. The number of nitrogens with zero attached hydrogens (tertiary/aromatic N) is 2. The maximum absolute atomic E-state index is 11.4. The Morgan fingerprint density at radius 1 is 1.50 bits per heavy atom. The van der Waals surface area contributed by atoms with Crippen molar-refractivity contribution in [1.29, 1.82) is 0 Å². The molecule has 2 rings (SSSR count). The Bertz CT molecular complexity index is 502. The van der Waals surface area contributed by atoms with Crippen molar-refractivity contribution in [2.45, 2.75) is 13.3 Å². The van der Waals surface area contributed by atoms with Gasteiger partial charge in [-0.3, -0.25) is 0 Å². The average molecular weight is 277 g/mol. The molecule has 108 valence electrons. The highest BCUT2D eigenvalue weighted by Crippen LogP contribution is 2.20. The predicted molar refractivity (Wildman–Crippen MR) is 75.5 cm³/mol. The molecule has 1 aromatic rings. The average Bonchev–Trinajstić information content (AvgIpc) is 2.87.